The van der Waals surface area contributed by atoms with Crippen LogP contribution in [-0.2, 0) is 9.84 Å². The van der Waals surface area contributed by atoms with Crippen molar-refractivity contribution in [1.29, 1.82) is 0 Å². The molecule has 1 aromatic rings. The number of nitrogens with zero attached hydrogens (tertiary/aromatic N) is 1. The van der Waals surface area contributed by atoms with Crippen molar-refractivity contribution in [3.05, 3.63) is 16.1 Å². The second-order valence-electron chi connectivity index (χ2n) is 3.74. The highest BCUT2D eigenvalue weighted by molar-refractivity contribution is 7.90. The number of rotatable bonds is 6. The van der Waals surface area contributed by atoms with Crippen LogP contribution in [0.1, 0.15) is 6.92 Å². The van der Waals surface area contributed by atoms with Gasteiger partial charge in [-0.3, -0.25) is 0 Å². The van der Waals surface area contributed by atoms with E-state index in [1.165, 1.54) is 6.26 Å². The Morgan fingerprint density at radius 2 is 1.78 bits per heavy atom. The topological polar surface area (TPSA) is 71.1 Å². The van der Waals surface area contributed by atoms with Crippen molar-refractivity contribution >= 4 is 44.7 Å². The quantitative estimate of drug-likeness (QED) is 0.843. The maximum atomic E-state index is 11.0. The molecule has 1 aromatic heterocycles. The Balaban J connectivity index is 2.79. The first kappa shape index (κ1) is 15.3. The van der Waals surface area contributed by atoms with Gasteiger partial charge in [-0.2, -0.15) is 0 Å². The molecule has 5 nitrogen and oxygen atoms in total. The molecule has 0 aliphatic carbocycles. The highest BCUT2D eigenvalue weighted by atomic mass is 35.5. The van der Waals surface area contributed by atoms with E-state index in [0.717, 1.165) is 0 Å². The van der Waals surface area contributed by atoms with E-state index in [9.17, 15) is 8.42 Å². The average molecular weight is 312 g/mol. The summed E-state index contributed by atoms with van der Waals surface area (Å²) in [6.07, 6.45) is 1.18. The minimum atomic E-state index is -3.01. The molecule has 0 spiro atoms. The smallest absolute Gasteiger partial charge is 0.149 e. The van der Waals surface area contributed by atoms with Gasteiger partial charge in [0.15, 0.2) is 0 Å². The molecule has 0 unspecified atom stereocenters. The van der Waals surface area contributed by atoms with E-state index in [0.29, 0.717) is 28.2 Å². The molecule has 0 atom stereocenters. The second-order valence-corrected chi connectivity index (χ2v) is 6.81. The van der Waals surface area contributed by atoms with Crippen molar-refractivity contribution < 1.29 is 8.42 Å². The molecular weight excluding hydrogens is 297 g/mol. The van der Waals surface area contributed by atoms with Gasteiger partial charge in [0.1, 0.15) is 21.5 Å². The SMILES string of the molecule is CCNc1nc(NCCS(C)(=O)=O)c(Cl)cc1Cl. The molecule has 102 valence electrons. The van der Waals surface area contributed by atoms with Crippen molar-refractivity contribution in [1.82, 2.24) is 4.98 Å². The summed E-state index contributed by atoms with van der Waals surface area (Å²) in [5, 5.41) is 6.65. The molecule has 2 N–H and O–H groups in total. The zero-order valence-electron chi connectivity index (χ0n) is 10.1. The van der Waals surface area contributed by atoms with Crippen LogP contribution in [0.15, 0.2) is 6.07 Å². The van der Waals surface area contributed by atoms with Crippen LogP contribution < -0.4 is 10.6 Å². The van der Waals surface area contributed by atoms with E-state index in [1.807, 2.05) is 6.92 Å². The fraction of sp³-hybridized carbons (Fsp3) is 0.500. The van der Waals surface area contributed by atoms with Crippen LogP contribution in [0, 0.1) is 0 Å². The minimum Gasteiger partial charge on any atom is -0.369 e. The summed E-state index contributed by atoms with van der Waals surface area (Å²) in [7, 11) is -3.01. The van der Waals surface area contributed by atoms with Gasteiger partial charge in [0.05, 0.1) is 15.8 Å². The van der Waals surface area contributed by atoms with E-state index in [1.54, 1.807) is 6.07 Å². The molecule has 0 aromatic carbocycles. The summed E-state index contributed by atoms with van der Waals surface area (Å²) < 4.78 is 22.0. The normalized spacial score (nSPS) is 11.3. The number of halogens is 2. The lowest BCUT2D eigenvalue weighted by Gasteiger charge is -2.11. The molecule has 0 fully saturated rings. The lowest BCUT2D eigenvalue weighted by atomic mass is 10.4. The lowest BCUT2D eigenvalue weighted by Crippen LogP contribution is -2.15. The van der Waals surface area contributed by atoms with Crippen LogP contribution in [0.4, 0.5) is 11.6 Å². The van der Waals surface area contributed by atoms with Crippen molar-refractivity contribution in [2.75, 3.05) is 35.7 Å². The molecule has 1 rings (SSSR count). The molecule has 0 saturated carbocycles. The average Bonchev–Trinajstić information content (AvgIpc) is 2.23. The molecule has 8 heteroatoms. The van der Waals surface area contributed by atoms with Crippen molar-refractivity contribution in [3.8, 4) is 0 Å². The molecular formula is C10H15Cl2N3O2S. The van der Waals surface area contributed by atoms with E-state index >= 15 is 0 Å². The van der Waals surface area contributed by atoms with Gasteiger partial charge >= 0.3 is 0 Å². The summed E-state index contributed by atoms with van der Waals surface area (Å²) in [4.78, 5) is 4.20. The predicted octanol–water partition coefficient (Wildman–Crippen LogP) is 2.28. The highest BCUT2D eigenvalue weighted by Crippen LogP contribution is 2.28. The fourth-order valence-electron chi connectivity index (χ4n) is 1.24. The standard InChI is InChI=1S/C10H15Cl2N3O2S/c1-3-13-9-7(11)6-8(12)10(15-9)14-4-5-18(2,16)17/h6H,3-5H2,1-2H3,(H2,13,14,15). The van der Waals surface area contributed by atoms with Gasteiger partial charge in [-0.15, -0.1) is 0 Å². The van der Waals surface area contributed by atoms with Gasteiger partial charge in [-0.1, -0.05) is 23.2 Å². The van der Waals surface area contributed by atoms with E-state index in [2.05, 4.69) is 15.6 Å². The second kappa shape index (κ2) is 6.45. The largest absolute Gasteiger partial charge is 0.369 e. The van der Waals surface area contributed by atoms with Crippen LogP contribution in [-0.4, -0.2) is 38.5 Å². The molecule has 0 aliphatic rings. The monoisotopic (exact) mass is 311 g/mol. The first-order valence-electron chi connectivity index (χ1n) is 5.35. The third-order valence-corrected chi connectivity index (χ3v) is 3.56. The molecule has 0 aliphatic heterocycles. The summed E-state index contributed by atoms with van der Waals surface area (Å²) >= 11 is 11.9. The third kappa shape index (κ3) is 4.88. The van der Waals surface area contributed by atoms with Gasteiger partial charge in [0.25, 0.3) is 0 Å². The Morgan fingerprint density at radius 1 is 1.22 bits per heavy atom. The molecule has 1 heterocycles. The maximum absolute atomic E-state index is 11.0. The maximum Gasteiger partial charge on any atom is 0.149 e. The van der Waals surface area contributed by atoms with Crippen LogP contribution >= 0.6 is 23.2 Å². The predicted molar refractivity (Wildman–Crippen MR) is 76.6 cm³/mol. The zero-order valence-corrected chi connectivity index (χ0v) is 12.5. The number of hydrogen-bond donors (Lipinski definition) is 2. The Hall–Kier alpha value is -0.720. The number of pyridine rings is 1. The first-order valence-corrected chi connectivity index (χ1v) is 8.16. The summed E-state index contributed by atoms with van der Waals surface area (Å²) in [6, 6.07) is 1.57. The van der Waals surface area contributed by atoms with E-state index in [4.69, 9.17) is 23.2 Å². The number of nitrogens with one attached hydrogen (secondary N) is 2. The fourth-order valence-corrected chi connectivity index (χ4v) is 2.20. The number of sulfone groups is 1. The summed E-state index contributed by atoms with van der Waals surface area (Å²) in [5.41, 5.74) is 0. The summed E-state index contributed by atoms with van der Waals surface area (Å²) in [6.45, 7) is 2.85. The van der Waals surface area contributed by atoms with Gasteiger partial charge in [-0.25, -0.2) is 13.4 Å². The van der Waals surface area contributed by atoms with Gasteiger partial charge < -0.3 is 10.6 Å². The summed E-state index contributed by atoms with van der Waals surface area (Å²) in [5.74, 6) is 0.954. The molecule has 18 heavy (non-hydrogen) atoms. The van der Waals surface area contributed by atoms with Crippen molar-refractivity contribution in [3.63, 3.8) is 0 Å². The van der Waals surface area contributed by atoms with E-state index < -0.39 is 9.84 Å². The van der Waals surface area contributed by atoms with Gasteiger partial charge in [0, 0.05) is 19.3 Å². The first-order chi connectivity index (χ1) is 8.33. The van der Waals surface area contributed by atoms with Crippen LogP contribution in [0.3, 0.4) is 0 Å². The molecule has 0 bridgehead atoms. The Bertz CT molecular complexity index is 520. The van der Waals surface area contributed by atoms with Crippen LogP contribution in [0.25, 0.3) is 0 Å². The zero-order chi connectivity index (χ0) is 13.8. The number of hydrogen-bond acceptors (Lipinski definition) is 5. The molecule has 0 saturated heterocycles. The van der Waals surface area contributed by atoms with Crippen molar-refractivity contribution in [2.45, 2.75) is 6.92 Å². The van der Waals surface area contributed by atoms with E-state index in [-0.39, 0.29) is 12.3 Å². The van der Waals surface area contributed by atoms with Crippen LogP contribution in [0.5, 0.6) is 0 Å². The number of aromatic nitrogens is 1. The van der Waals surface area contributed by atoms with Crippen LogP contribution in [0.2, 0.25) is 10.0 Å². The Kier molecular flexibility index (Phi) is 5.49. The van der Waals surface area contributed by atoms with Gasteiger partial charge in [-0.05, 0) is 13.0 Å². The Morgan fingerprint density at radius 3 is 2.28 bits per heavy atom. The third-order valence-electron chi connectivity index (χ3n) is 2.04. The molecule has 0 radical (unpaired) electrons. The van der Waals surface area contributed by atoms with Gasteiger partial charge in [0.2, 0.25) is 0 Å². The number of anilines is 2. The minimum absolute atomic E-state index is 0.0180. The highest BCUT2D eigenvalue weighted by Gasteiger charge is 2.09. The Labute approximate surface area is 117 Å². The lowest BCUT2D eigenvalue weighted by molar-refractivity contribution is 0.602. The van der Waals surface area contributed by atoms with Crippen molar-refractivity contribution in [2.24, 2.45) is 0 Å². The molecule has 0 amide bonds.